The minimum Gasteiger partial charge on any atom is -0.354 e. The molecule has 8 nitrogen and oxygen atoms in total. The van der Waals surface area contributed by atoms with E-state index in [-0.39, 0.29) is 6.04 Å². The van der Waals surface area contributed by atoms with Crippen molar-refractivity contribution in [3.63, 3.8) is 0 Å². The normalized spacial score (nSPS) is 12.7. The van der Waals surface area contributed by atoms with Gasteiger partial charge in [-0.3, -0.25) is 0 Å². The third-order valence-electron chi connectivity index (χ3n) is 4.57. The van der Waals surface area contributed by atoms with Gasteiger partial charge in [0.05, 0.1) is 24.8 Å². The fourth-order valence-electron chi connectivity index (χ4n) is 2.68. The summed E-state index contributed by atoms with van der Waals surface area (Å²) in [6.45, 7) is 5.08. The van der Waals surface area contributed by atoms with Crippen molar-refractivity contribution in [3.8, 4) is 0 Å². The molecule has 0 radical (unpaired) electrons. The van der Waals surface area contributed by atoms with Crippen LogP contribution in [0.15, 0.2) is 40.7 Å². The number of hydrogen-bond acceptors (Lipinski definition) is 6. The lowest BCUT2D eigenvalue weighted by Crippen LogP contribution is -2.39. The van der Waals surface area contributed by atoms with Crippen molar-refractivity contribution in [2.24, 2.45) is 12.0 Å². The van der Waals surface area contributed by atoms with E-state index >= 15 is 0 Å². The molecule has 0 fully saturated rings. The van der Waals surface area contributed by atoms with Crippen LogP contribution in [0, 0.1) is 6.92 Å². The number of benzene rings is 1. The van der Waals surface area contributed by atoms with Crippen LogP contribution >= 0.6 is 11.3 Å². The van der Waals surface area contributed by atoms with E-state index in [0.717, 1.165) is 22.5 Å². The molecule has 0 amide bonds. The van der Waals surface area contributed by atoms with E-state index in [2.05, 4.69) is 44.9 Å². The minimum absolute atomic E-state index is 0.108. The number of nitrogens with zero attached hydrogens (tertiary/aromatic N) is 6. The zero-order valence-electron chi connectivity index (χ0n) is 17.5. The first-order valence-electron chi connectivity index (χ1n) is 9.50. The van der Waals surface area contributed by atoms with Gasteiger partial charge in [-0.1, -0.05) is 30.3 Å². The van der Waals surface area contributed by atoms with Gasteiger partial charge in [-0.05, 0) is 19.4 Å². The van der Waals surface area contributed by atoms with Crippen molar-refractivity contribution in [2.45, 2.75) is 33.0 Å². The molecule has 0 aliphatic heterocycles. The van der Waals surface area contributed by atoms with E-state index < -0.39 is 0 Å². The van der Waals surface area contributed by atoms with Crippen molar-refractivity contribution >= 4 is 22.4 Å². The standard InChI is InChI=1S/C20H28N8S/c1-14(16-9-7-6-8-10-16)23-19(22-12-18-26-25-15(2)28(18)5)21-11-17-13-29-20(24-17)27(3)4/h6-10,13-14H,11-12H2,1-5H3,(H2,21,22,23). The zero-order chi connectivity index (χ0) is 20.8. The van der Waals surface area contributed by atoms with Gasteiger partial charge in [0.2, 0.25) is 0 Å². The van der Waals surface area contributed by atoms with Crippen LogP contribution in [0.25, 0.3) is 0 Å². The van der Waals surface area contributed by atoms with Crippen molar-refractivity contribution in [3.05, 3.63) is 58.6 Å². The molecule has 1 unspecified atom stereocenters. The molecule has 0 saturated heterocycles. The number of hydrogen-bond donors (Lipinski definition) is 2. The maximum Gasteiger partial charge on any atom is 0.192 e. The second-order valence-electron chi connectivity index (χ2n) is 7.03. The predicted molar refractivity (Wildman–Crippen MR) is 118 cm³/mol. The fraction of sp³-hybridized carbons (Fsp3) is 0.400. The van der Waals surface area contributed by atoms with Gasteiger partial charge in [0.25, 0.3) is 0 Å². The van der Waals surface area contributed by atoms with Crippen LogP contribution in [-0.4, -0.2) is 39.8 Å². The number of thiazole rings is 1. The van der Waals surface area contributed by atoms with Crippen molar-refractivity contribution in [2.75, 3.05) is 19.0 Å². The van der Waals surface area contributed by atoms with E-state index in [1.165, 1.54) is 5.56 Å². The number of aliphatic imine (C=N–C) groups is 1. The van der Waals surface area contributed by atoms with Crippen molar-refractivity contribution in [1.82, 2.24) is 30.4 Å². The summed E-state index contributed by atoms with van der Waals surface area (Å²) in [6, 6.07) is 10.4. The summed E-state index contributed by atoms with van der Waals surface area (Å²) in [4.78, 5) is 11.4. The molecule has 0 spiro atoms. The molecular formula is C20H28N8S. The van der Waals surface area contributed by atoms with Gasteiger partial charge in [-0.15, -0.1) is 21.5 Å². The Labute approximate surface area is 175 Å². The second kappa shape index (κ2) is 9.51. The first-order valence-corrected chi connectivity index (χ1v) is 10.4. The topological polar surface area (TPSA) is 83.3 Å². The Balaban J connectivity index is 1.73. The summed E-state index contributed by atoms with van der Waals surface area (Å²) in [5, 5.41) is 18.2. The van der Waals surface area contributed by atoms with E-state index in [0.29, 0.717) is 19.0 Å². The molecule has 2 aromatic heterocycles. The molecule has 0 aliphatic rings. The molecule has 3 rings (SSSR count). The van der Waals surface area contributed by atoms with Gasteiger partial charge < -0.3 is 20.1 Å². The van der Waals surface area contributed by atoms with Crippen LogP contribution in [0.3, 0.4) is 0 Å². The first-order chi connectivity index (χ1) is 13.9. The summed E-state index contributed by atoms with van der Waals surface area (Å²) in [5.74, 6) is 2.44. The first kappa shape index (κ1) is 20.8. The number of nitrogens with one attached hydrogen (secondary N) is 2. The SMILES string of the molecule is Cc1nnc(CNC(=NCc2csc(N(C)C)n2)NC(C)c2ccccc2)n1C. The lowest BCUT2D eigenvalue weighted by atomic mass is 10.1. The molecule has 0 saturated carbocycles. The molecule has 3 aromatic rings. The Hall–Kier alpha value is -2.94. The summed E-state index contributed by atoms with van der Waals surface area (Å²) in [6.07, 6.45) is 0. The summed E-state index contributed by atoms with van der Waals surface area (Å²) < 4.78 is 1.97. The number of guanidine groups is 1. The van der Waals surface area contributed by atoms with Crippen LogP contribution < -0.4 is 15.5 Å². The smallest absolute Gasteiger partial charge is 0.192 e. The van der Waals surface area contributed by atoms with Crippen LogP contribution in [-0.2, 0) is 20.1 Å². The van der Waals surface area contributed by atoms with Gasteiger partial charge in [0.15, 0.2) is 16.9 Å². The van der Waals surface area contributed by atoms with Gasteiger partial charge in [-0.2, -0.15) is 0 Å². The molecular weight excluding hydrogens is 384 g/mol. The Morgan fingerprint density at radius 1 is 1.24 bits per heavy atom. The molecule has 1 atom stereocenters. The predicted octanol–water partition coefficient (Wildman–Crippen LogP) is 2.64. The average molecular weight is 413 g/mol. The van der Waals surface area contributed by atoms with Crippen molar-refractivity contribution < 1.29 is 0 Å². The van der Waals surface area contributed by atoms with E-state index in [1.807, 2.05) is 61.1 Å². The highest BCUT2D eigenvalue weighted by atomic mass is 32.1. The Morgan fingerprint density at radius 2 is 2.00 bits per heavy atom. The molecule has 0 aliphatic carbocycles. The lowest BCUT2D eigenvalue weighted by molar-refractivity contribution is 0.663. The maximum atomic E-state index is 4.75. The van der Waals surface area contributed by atoms with Gasteiger partial charge in [0, 0.05) is 26.5 Å². The average Bonchev–Trinajstić information content (AvgIpc) is 3.32. The van der Waals surface area contributed by atoms with Gasteiger partial charge in [-0.25, -0.2) is 9.98 Å². The van der Waals surface area contributed by atoms with Gasteiger partial charge >= 0.3 is 0 Å². The third kappa shape index (κ3) is 5.54. The van der Waals surface area contributed by atoms with Crippen LogP contribution in [0.4, 0.5) is 5.13 Å². The van der Waals surface area contributed by atoms with Gasteiger partial charge in [0.1, 0.15) is 5.82 Å². The summed E-state index contributed by atoms with van der Waals surface area (Å²) in [7, 11) is 5.94. The Morgan fingerprint density at radius 3 is 2.62 bits per heavy atom. The molecule has 29 heavy (non-hydrogen) atoms. The molecule has 1 aromatic carbocycles. The number of aromatic nitrogens is 4. The van der Waals surface area contributed by atoms with Crippen LogP contribution in [0.2, 0.25) is 0 Å². The number of rotatable bonds is 7. The molecule has 154 valence electrons. The molecule has 2 heterocycles. The Kier molecular flexibility index (Phi) is 6.82. The quantitative estimate of drug-likeness (QED) is 0.459. The monoisotopic (exact) mass is 412 g/mol. The van der Waals surface area contributed by atoms with Crippen LogP contribution in [0.5, 0.6) is 0 Å². The highest BCUT2D eigenvalue weighted by Crippen LogP contribution is 2.18. The van der Waals surface area contributed by atoms with E-state index in [1.54, 1.807) is 11.3 Å². The van der Waals surface area contributed by atoms with Crippen molar-refractivity contribution in [1.29, 1.82) is 0 Å². The summed E-state index contributed by atoms with van der Waals surface area (Å²) in [5.41, 5.74) is 2.14. The minimum atomic E-state index is 0.108. The van der Waals surface area contributed by atoms with E-state index in [4.69, 9.17) is 4.99 Å². The third-order valence-corrected chi connectivity index (χ3v) is 5.63. The highest BCUT2D eigenvalue weighted by Gasteiger charge is 2.11. The molecule has 0 bridgehead atoms. The highest BCUT2D eigenvalue weighted by molar-refractivity contribution is 7.13. The number of anilines is 1. The van der Waals surface area contributed by atoms with Crippen LogP contribution in [0.1, 0.15) is 35.9 Å². The summed E-state index contributed by atoms with van der Waals surface area (Å²) >= 11 is 1.62. The largest absolute Gasteiger partial charge is 0.354 e. The zero-order valence-corrected chi connectivity index (χ0v) is 18.4. The molecule has 2 N–H and O–H groups in total. The number of aryl methyl sites for hydroxylation is 1. The fourth-order valence-corrected chi connectivity index (χ4v) is 3.43. The molecule has 9 heteroatoms. The lowest BCUT2D eigenvalue weighted by Gasteiger charge is -2.18. The second-order valence-corrected chi connectivity index (χ2v) is 7.87. The Bertz CT molecular complexity index is 945. The van der Waals surface area contributed by atoms with E-state index in [9.17, 15) is 0 Å². The maximum absolute atomic E-state index is 4.75.